The molecule has 3 aromatic carbocycles. The first-order valence-corrected chi connectivity index (χ1v) is 14.6. The first kappa shape index (κ1) is 30.8. The van der Waals surface area contributed by atoms with Crippen LogP contribution in [0, 0.1) is 6.92 Å². The fourth-order valence-electron chi connectivity index (χ4n) is 6.48. The summed E-state index contributed by atoms with van der Waals surface area (Å²) in [6.07, 6.45) is -0.698. The maximum atomic E-state index is 13.0. The Morgan fingerprint density at radius 3 is 2.04 bits per heavy atom. The van der Waals surface area contributed by atoms with E-state index in [2.05, 4.69) is 4.98 Å². The molecule has 2 aliphatic rings. The van der Waals surface area contributed by atoms with Crippen molar-refractivity contribution in [3.8, 4) is 11.5 Å². The first-order valence-electron chi connectivity index (χ1n) is 14.6. The van der Waals surface area contributed by atoms with Crippen LogP contribution in [-0.4, -0.2) is 66.7 Å². The number of ether oxygens (including phenoxy) is 6. The van der Waals surface area contributed by atoms with E-state index in [0.29, 0.717) is 11.5 Å². The number of benzene rings is 3. The van der Waals surface area contributed by atoms with Gasteiger partial charge in [0.25, 0.3) is 5.56 Å². The van der Waals surface area contributed by atoms with Crippen molar-refractivity contribution in [2.24, 2.45) is 0 Å². The third-order valence-electron chi connectivity index (χ3n) is 8.88. The molecule has 2 aliphatic heterocycles. The van der Waals surface area contributed by atoms with Crippen LogP contribution in [-0.2, 0) is 24.5 Å². The molecule has 0 amide bonds. The summed E-state index contributed by atoms with van der Waals surface area (Å²) in [5, 5.41) is 12.3. The molecule has 1 unspecified atom stereocenters. The lowest BCUT2D eigenvalue weighted by Gasteiger charge is -2.39. The van der Waals surface area contributed by atoms with Crippen molar-refractivity contribution >= 4 is 0 Å². The number of nitrogens with zero attached hydrogens (tertiary/aromatic N) is 1. The molecule has 11 nitrogen and oxygen atoms in total. The molecule has 2 N–H and O–H groups in total. The van der Waals surface area contributed by atoms with E-state index < -0.39 is 40.6 Å². The molecule has 0 aliphatic carbocycles. The van der Waals surface area contributed by atoms with Gasteiger partial charge in [0.05, 0.1) is 27.4 Å². The molecule has 0 spiro atoms. The second-order valence-corrected chi connectivity index (χ2v) is 11.2. The zero-order valence-electron chi connectivity index (χ0n) is 25.5. The van der Waals surface area contributed by atoms with Crippen molar-refractivity contribution in [1.82, 2.24) is 9.55 Å². The molecule has 0 saturated carbocycles. The molecule has 2 saturated heterocycles. The van der Waals surface area contributed by atoms with Gasteiger partial charge in [-0.2, -0.15) is 0 Å². The average molecular weight is 617 g/mol. The Morgan fingerprint density at radius 2 is 1.49 bits per heavy atom. The molecule has 236 valence electrons. The van der Waals surface area contributed by atoms with Gasteiger partial charge in [-0.25, -0.2) is 4.79 Å². The number of aromatic amines is 1. The van der Waals surface area contributed by atoms with Crippen molar-refractivity contribution in [1.29, 1.82) is 0 Å². The number of rotatable bonds is 10. The van der Waals surface area contributed by atoms with Gasteiger partial charge in [0.15, 0.2) is 11.8 Å². The maximum Gasteiger partial charge on any atom is 0.330 e. The number of hydrogen-bond acceptors (Lipinski definition) is 9. The minimum atomic E-state index is -1.74. The number of aliphatic hydroxyl groups is 1. The average Bonchev–Trinajstić information content (AvgIpc) is 3.54. The lowest BCUT2D eigenvalue weighted by atomic mass is 9.79. The van der Waals surface area contributed by atoms with Crippen LogP contribution in [0.2, 0.25) is 0 Å². The fourth-order valence-corrected chi connectivity index (χ4v) is 6.48. The summed E-state index contributed by atoms with van der Waals surface area (Å²) in [5.41, 5.74) is -1.42. The summed E-state index contributed by atoms with van der Waals surface area (Å²) in [6.45, 7) is 1.59. The van der Waals surface area contributed by atoms with Crippen molar-refractivity contribution < 1.29 is 33.5 Å². The number of fused-ring (bicyclic) bond motifs is 1. The second kappa shape index (κ2) is 11.9. The summed E-state index contributed by atoms with van der Waals surface area (Å²) in [6, 6.07) is 24.9. The predicted molar refractivity (Wildman–Crippen MR) is 163 cm³/mol. The second-order valence-electron chi connectivity index (χ2n) is 11.2. The molecule has 0 bridgehead atoms. The zero-order chi connectivity index (χ0) is 31.8. The van der Waals surface area contributed by atoms with Crippen molar-refractivity contribution in [2.75, 3.05) is 34.5 Å². The van der Waals surface area contributed by atoms with E-state index >= 15 is 0 Å². The van der Waals surface area contributed by atoms with Gasteiger partial charge in [0, 0.05) is 25.3 Å². The van der Waals surface area contributed by atoms with Crippen molar-refractivity contribution in [3.63, 3.8) is 0 Å². The number of aromatic nitrogens is 2. The Morgan fingerprint density at radius 1 is 0.911 bits per heavy atom. The highest BCUT2D eigenvalue weighted by Gasteiger charge is 2.72. The molecule has 4 aromatic rings. The third-order valence-corrected chi connectivity index (χ3v) is 8.88. The van der Waals surface area contributed by atoms with Crippen LogP contribution in [0.4, 0.5) is 0 Å². The van der Waals surface area contributed by atoms with E-state index in [1.807, 2.05) is 78.9 Å². The van der Waals surface area contributed by atoms with Gasteiger partial charge < -0.3 is 33.5 Å². The van der Waals surface area contributed by atoms with Gasteiger partial charge in [0.2, 0.25) is 5.79 Å². The Bertz CT molecular complexity index is 1710. The first-order chi connectivity index (χ1) is 21.7. The molecule has 6 rings (SSSR count). The monoisotopic (exact) mass is 616 g/mol. The molecule has 2 fully saturated rings. The van der Waals surface area contributed by atoms with Crippen molar-refractivity contribution in [2.45, 2.75) is 42.7 Å². The molecule has 1 aromatic heterocycles. The minimum absolute atomic E-state index is 0.133. The Labute approximate surface area is 259 Å². The van der Waals surface area contributed by atoms with Crippen LogP contribution in [0.15, 0.2) is 94.6 Å². The maximum absolute atomic E-state index is 13.0. The highest BCUT2D eigenvalue weighted by Crippen LogP contribution is 2.54. The smallest absolute Gasteiger partial charge is 0.330 e. The standard InChI is InChI=1S/C34H36N2O9/c1-22-20-36(31(38)35-29(22)37)30-34(42-4)32(39,18-19-43-34)28(45-30)21-44-33(23-8-6-5-7-9-23,24-10-14-26(40-2)15-11-24)25-12-16-27(41-3)17-13-25/h5-17,20,28,30,39H,18-19,21H2,1-4H3,(H,35,37,38)/t28-,30-,32?,34-/m1/s1. The van der Waals surface area contributed by atoms with Crippen LogP contribution in [0.25, 0.3) is 0 Å². The number of aryl methyl sites for hydroxylation is 1. The Kier molecular flexibility index (Phi) is 8.14. The highest BCUT2D eigenvalue weighted by molar-refractivity contribution is 5.49. The summed E-state index contributed by atoms with van der Waals surface area (Å²) in [5.74, 6) is -0.381. The zero-order valence-corrected chi connectivity index (χ0v) is 25.5. The van der Waals surface area contributed by atoms with Gasteiger partial charge in [-0.15, -0.1) is 0 Å². The molecule has 3 heterocycles. The highest BCUT2D eigenvalue weighted by atomic mass is 16.8. The summed E-state index contributed by atoms with van der Waals surface area (Å²) >= 11 is 0. The SMILES string of the molecule is COc1ccc(C(OC[C@H]2O[C@@H](n3cc(C)c(=O)[nH]c3=O)[C@@]3(OC)OCCC23O)(c2ccccc2)c2ccc(OC)cc2)cc1. The van der Waals surface area contributed by atoms with Crippen molar-refractivity contribution in [3.05, 3.63) is 128 Å². The van der Waals surface area contributed by atoms with E-state index in [-0.39, 0.29) is 25.2 Å². The summed E-state index contributed by atoms with van der Waals surface area (Å²) in [7, 11) is 4.60. The molecule has 4 atom stereocenters. The van der Waals surface area contributed by atoms with Crippen LogP contribution < -0.4 is 20.7 Å². The van der Waals surface area contributed by atoms with Gasteiger partial charge in [-0.1, -0.05) is 54.6 Å². The topological polar surface area (TPSA) is 130 Å². The number of nitrogens with one attached hydrogen (secondary N) is 1. The van der Waals surface area contributed by atoms with E-state index in [1.54, 1.807) is 21.1 Å². The fraction of sp³-hybridized carbons (Fsp3) is 0.353. The van der Waals surface area contributed by atoms with Gasteiger partial charge >= 0.3 is 5.69 Å². The lowest BCUT2D eigenvalue weighted by Crippen LogP contribution is -2.58. The quantitative estimate of drug-likeness (QED) is 0.258. The normalized spacial score (nSPS) is 24.4. The van der Waals surface area contributed by atoms with Crippen LogP contribution >= 0.6 is 0 Å². The molecule has 0 radical (unpaired) electrons. The molecular weight excluding hydrogens is 580 g/mol. The van der Waals surface area contributed by atoms with E-state index in [4.69, 9.17) is 28.4 Å². The summed E-state index contributed by atoms with van der Waals surface area (Å²) < 4.78 is 37.4. The molecule has 11 heteroatoms. The lowest BCUT2D eigenvalue weighted by molar-refractivity contribution is -0.284. The van der Waals surface area contributed by atoms with E-state index in [0.717, 1.165) is 16.7 Å². The van der Waals surface area contributed by atoms with Gasteiger partial charge in [0.1, 0.15) is 23.2 Å². The van der Waals surface area contributed by atoms with Gasteiger partial charge in [-0.05, 0) is 47.9 Å². The molecule has 45 heavy (non-hydrogen) atoms. The minimum Gasteiger partial charge on any atom is -0.497 e. The predicted octanol–water partition coefficient (Wildman–Crippen LogP) is 3.26. The van der Waals surface area contributed by atoms with Crippen LogP contribution in [0.5, 0.6) is 11.5 Å². The van der Waals surface area contributed by atoms with Crippen LogP contribution in [0.3, 0.4) is 0 Å². The van der Waals surface area contributed by atoms with E-state index in [1.165, 1.54) is 17.9 Å². The largest absolute Gasteiger partial charge is 0.497 e. The Hall–Kier alpha value is -4.26. The van der Waals surface area contributed by atoms with E-state index in [9.17, 15) is 14.7 Å². The van der Waals surface area contributed by atoms with Gasteiger partial charge in [-0.3, -0.25) is 14.3 Å². The molecular formula is C34H36N2O9. The number of methoxy groups -OCH3 is 3. The number of hydrogen-bond donors (Lipinski definition) is 2. The Balaban J connectivity index is 1.47. The van der Waals surface area contributed by atoms with Crippen LogP contribution in [0.1, 0.15) is 34.9 Å². The third kappa shape index (κ3) is 4.88. The summed E-state index contributed by atoms with van der Waals surface area (Å²) in [4.78, 5) is 27.4. The number of H-pyrrole nitrogens is 1.